The number of nitro groups is 1. The largest absolute Gasteiger partial charge is 0.299 e. The second-order valence-corrected chi connectivity index (χ2v) is 4.12. The molecule has 0 spiro atoms. The number of aryl methyl sites for hydroxylation is 2. The van der Waals surface area contributed by atoms with E-state index in [0.717, 1.165) is 0 Å². The highest BCUT2D eigenvalue weighted by atomic mass is 16.6. The molecule has 0 aliphatic heterocycles. The Labute approximate surface area is 110 Å². The van der Waals surface area contributed by atoms with Gasteiger partial charge in [-0.2, -0.15) is 5.26 Å². The molecule has 1 aromatic carbocycles. The highest BCUT2D eigenvalue weighted by Gasteiger charge is 2.25. The number of hydrogen-bond donors (Lipinski definition) is 0. The van der Waals surface area contributed by atoms with Crippen molar-refractivity contribution < 1.29 is 4.92 Å². The SMILES string of the molecule is Cc1nc(C)c([N+](=O)[O-])c(-c2ccccc2)c1C#N. The molecule has 19 heavy (non-hydrogen) atoms. The van der Waals surface area contributed by atoms with E-state index in [4.69, 9.17) is 0 Å². The van der Waals surface area contributed by atoms with Gasteiger partial charge in [0.1, 0.15) is 11.8 Å². The lowest BCUT2D eigenvalue weighted by molar-refractivity contribution is -0.385. The second kappa shape index (κ2) is 4.86. The predicted molar refractivity (Wildman–Crippen MR) is 70.5 cm³/mol. The zero-order chi connectivity index (χ0) is 14.0. The van der Waals surface area contributed by atoms with Gasteiger partial charge in [0, 0.05) is 0 Å². The lowest BCUT2D eigenvalue weighted by atomic mass is 9.97. The summed E-state index contributed by atoms with van der Waals surface area (Å²) < 4.78 is 0. The van der Waals surface area contributed by atoms with Crippen LogP contribution >= 0.6 is 0 Å². The van der Waals surface area contributed by atoms with E-state index in [9.17, 15) is 15.4 Å². The quantitative estimate of drug-likeness (QED) is 0.608. The average molecular weight is 253 g/mol. The van der Waals surface area contributed by atoms with Crippen molar-refractivity contribution in [1.82, 2.24) is 4.98 Å². The topological polar surface area (TPSA) is 79.8 Å². The van der Waals surface area contributed by atoms with Crippen LogP contribution in [0.3, 0.4) is 0 Å². The summed E-state index contributed by atoms with van der Waals surface area (Å²) in [4.78, 5) is 14.9. The van der Waals surface area contributed by atoms with Crippen molar-refractivity contribution in [3.63, 3.8) is 0 Å². The van der Waals surface area contributed by atoms with Crippen LogP contribution in [0.1, 0.15) is 17.0 Å². The summed E-state index contributed by atoms with van der Waals surface area (Å²) in [5.74, 6) is 0. The second-order valence-electron chi connectivity index (χ2n) is 4.12. The molecule has 1 heterocycles. The minimum atomic E-state index is -0.481. The minimum Gasteiger partial charge on any atom is -0.258 e. The maximum atomic E-state index is 11.3. The highest BCUT2D eigenvalue weighted by molar-refractivity contribution is 5.80. The fourth-order valence-corrected chi connectivity index (χ4v) is 2.09. The van der Waals surface area contributed by atoms with Gasteiger partial charge in [-0.05, 0) is 19.4 Å². The van der Waals surface area contributed by atoms with Crippen LogP contribution in [0.5, 0.6) is 0 Å². The number of pyridine rings is 1. The first-order valence-corrected chi connectivity index (χ1v) is 5.67. The van der Waals surface area contributed by atoms with Crippen molar-refractivity contribution in [3.05, 3.63) is 57.4 Å². The molecule has 0 amide bonds. The van der Waals surface area contributed by atoms with E-state index in [1.54, 1.807) is 38.1 Å². The zero-order valence-corrected chi connectivity index (χ0v) is 10.5. The fraction of sp³-hybridized carbons (Fsp3) is 0.143. The molecule has 2 rings (SSSR count). The van der Waals surface area contributed by atoms with Gasteiger partial charge in [0.25, 0.3) is 5.69 Å². The summed E-state index contributed by atoms with van der Waals surface area (Å²) in [6, 6.07) is 10.9. The maximum absolute atomic E-state index is 11.3. The third kappa shape index (κ3) is 2.16. The van der Waals surface area contributed by atoms with Crippen molar-refractivity contribution >= 4 is 5.69 Å². The molecule has 0 saturated heterocycles. The fourth-order valence-electron chi connectivity index (χ4n) is 2.09. The van der Waals surface area contributed by atoms with Crippen LogP contribution in [0.4, 0.5) is 5.69 Å². The zero-order valence-electron chi connectivity index (χ0n) is 10.5. The van der Waals surface area contributed by atoms with E-state index < -0.39 is 4.92 Å². The predicted octanol–water partition coefficient (Wildman–Crippen LogP) is 3.15. The van der Waals surface area contributed by atoms with Gasteiger partial charge < -0.3 is 0 Å². The van der Waals surface area contributed by atoms with Gasteiger partial charge in [0.05, 0.1) is 21.7 Å². The lowest BCUT2D eigenvalue weighted by Gasteiger charge is -2.09. The molecule has 0 N–H and O–H groups in total. The molecule has 5 heteroatoms. The number of rotatable bonds is 2. The van der Waals surface area contributed by atoms with Crippen LogP contribution in [0.15, 0.2) is 30.3 Å². The van der Waals surface area contributed by atoms with Gasteiger partial charge in [-0.1, -0.05) is 30.3 Å². The lowest BCUT2D eigenvalue weighted by Crippen LogP contribution is -2.03. The van der Waals surface area contributed by atoms with E-state index in [0.29, 0.717) is 22.5 Å². The summed E-state index contributed by atoms with van der Waals surface area (Å²) >= 11 is 0. The van der Waals surface area contributed by atoms with Crippen LogP contribution in [-0.4, -0.2) is 9.91 Å². The van der Waals surface area contributed by atoms with Gasteiger partial charge in [-0.15, -0.1) is 0 Å². The standard InChI is InChI=1S/C14H11N3O2/c1-9-12(8-15)13(11-6-4-3-5-7-11)14(17(18)19)10(2)16-9/h3-7H,1-2H3. The van der Waals surface area contributed by atoms with Crippen LogP contribution in [0.25, 0.3) is 11.1 Å². The van der Waals surface area contributed by atoms with Crippen LogP contribution < -0.4 is 0 Å². The van der Waals surface area contributed by atoms with E-state index in [-0.39, 0.29) is 11.3 Å². The molecule has 0 aliphatic rings. The van der Waals surface area contributed by atoms with E-state index >= 15 is 0 Å². The Morgan fingerprint density at radius 3 is 2.37 bits per heavy atom. The van der Waals surface area contributed by atoms with Crippen LogP contribution in [0.2, 0.25) is 0 Å². The summed E-state index contributed by atoms with van der Waals surface area (Å²) in [6.07, 6.45) is 0. The van der Waals surface area contributed by atoms with Gasteiger partial charge in [0.15, 0.2) is 0 Å². The number of benzene rings is 1. The first-order chi connectivity index (χ1) is 9.06. The number of aromatic nitrogens is 1. The Morgan fingerprint density at radius 2 is 1.84 bits per heavy atom. The molecule has 0 atom stereocenters. The normalized spacial score (nSPS) is 9.95. The molecule has 5 nitrogen and oxygen atoms in total. The first kappa shape index (κ1) is 12.7. The van der Waals surface area contributed by atoms with Crippen molar-refractivity contribution in [2.24, 2.45) is 0 Å². The van der Waals surface area contributed by atoms with Crippen molar-refractivity contribution in [2.45, 2.75) is 13.8 Å². The van der Waals surface area contributed by atoms with E-state index in [1.165, 1.54) is 0 Å². The molecule has 0 fully saturated rings. The summed E-state index contributed by atoms with van der Waals surface area (Å²) in [7, 11) is 0. The van der Waals surface area contributed by atoms with Crippen molar-refractivity contribution in [2.75, 3.05) is 0 Å². The number of nitrogens with zero attached hydrogens (tertiary/aromatic N) is 3. The van der Waals surface area contributed by atoms with Crippen molar-refractivity contribution in [3.8, 4) is 17.2 Å². The van der Waals surface area contributed by atoms with E-state index in [1.807, 2.05) is 12.1 Å². The molecule has 2 aromatic rings. The smallest absolute Gasteiger partial charge is 0.258 e. The number of nitriles is 1. The van der Waals surface area contributed by atoms with Crippen LogP contribution in [0, 0.1) is 35.3 Å². The molecule has 0 radical (unpaired) electrons. The average Bonchev–Trinajstić information content (AvgIpc) is 2.38. The van der Waals surface area contributed by atoms with Gasteiger partial charge in [-0.25, -0.2) is 4.98 Å². The summed E-state index contributed by atoms with van der Waals surface area (Å²) in [6.45, 7) is 3.26. The molecule has 1 aromatic heterocycles. The first-order valence-electron chi connectivity index (χ1n) is 5.67. The molecule has 0 bridgehead atoms. The Hall–Kier alpha value is -2.74. The highest BCUT2D eigenvalue weighted by Crippen LogP contribution is 2.35. The summed E-state index contributed by atoms with van der Waals surface area (Å²) in [5, 5.41) is 20.5. The van der Waals surface area contributed by atoms with Gasteiger partial charge >= 0.3 is 0 Å². The Balaban J connectivity index is 2.91. The Kier molecular flexibility index (Phi) is 3.25. The Bertz CT molecular complexity index is 688. The molecule has 0 unspecified atom stereocenters. The summed E-state index contributed by atoms with van der Waals surface area (Å²) in [5.41, 5.74) is 1.97. The van der Waals surface area contributed by atoms with E-state index in [2.05, 4.69) is 4.98 Å². The van der Waals surface area contributed by atoms with Crippen LogP contribution in [-0.2, 0) is 0 Å². The molecular weight excluding hydrogens is 242 g/mol. The Morgan fingerprint density at radius 1 is 1.21 bits per heavy atom. The minimum absolute atomic E-state index is 0.103. The molecule has 94 valence electrons. The third-order valence-electron chi connectivity index (χ3n) is 2.88. The van der Waals surface area contributed by atoms with Crippen molar-refractivity contribution in [1.29, 1.82) is 5.26 Å². The molecular formula is C14H11N3O2. The van der Waals surface area contributed by atoms with Gasteiger partial charge in [0.2, 0.25) is 0 Å². The number of hydrogen-bond acceptors (Lipinski definition) is 4. The maximum Gasteiger partial charge on any atom is 0.299 e. The third-order valence-corrected chi connectivity index (χ3v) is 2.88. The monoisotopic (exact) mass is 253 g/mol. The van der Waals surface area contributed by atoms with Gasteiger partial charge in [-0.3, -0.25) is 10.1 Å². The molecule has 0 aliphatic carbocycles. The molecule has 0 saturated carbocycles.